The van der Waals surface area contributed by atoms with Crippen LogP contribution in [-0.2, 0) is 14.3 Å². The van der Waals surface area contributed by atoms with E-state index in [1.165, 1.54) is 6.42 Å². The van der Waals surface area contributed by atoms with Crippen LogP contribution in [0.1, 0.15) is 92.4 Å². The smallest absolute Gasteiger partial charge is 0.317 e. The van der Waals surface area contributed by atoms with Gasteiger partial charge in [0.2, 0.25) is 0 Å². The molecular weight excluding hydrogens is 280 g/mol. The van der Waals surface area contributed by atoms with Gasteiger partial charge in [-0.15, -0.1) is 0 Å². The summed E-state index contributed by atoms with van der Waals surface area (Å²) in [6.07, 6.45) is 7.63. The van der Waals surface area contributed by atoms with Gasteiger partial charge in [0.05, 0.1) is 0 Å². The van der Waals surface area contributed by atoms with Crippen molar-refractivity contribution >= 4 is 11.9 Å². The van der Waals surface area contributed by atoms with Gasteiger partial charge in [-0.05, 0) is 38.0 Å². The highest BCUT2D eigenvalue weighted by molar-refractivity contribution is 5.90. The Balaban J connectivity index is 4.79. The van der Waals surface area contributed by atoms with Crippen LogP contribution in [0.2, 0.25) is 0 Å². The number of carboxylic acids is 1. The van der Waals surface area contributed by atoms with E-state index in [1.54, 1.807) is 0 Å². The van der Waals surface area contributed by atoms with Crippen LogP contribution in [0, 0.1) is 5.41 Å². The van der Waals surface area contributed by atoms with Crippen molar-refractivity contribution in [2.75, 3.05) is 0 Å². The Labute approximate surface area is 135 Å². The first-order chi connectivity index (χ1) is 10.1. The second-order valence-corrected chi connectivity index (χ2v) is 7.40. The van der Waals surface area contributed by atoms with Crippen LogP contribution in [0.15, 0.2) is 0 Å². The molecule has 130 valence electrons. The van der Waals surface area contributed by atoms with Gasteiger partial charge in [-0.3, -0.25) is 9.59 Å². The summed E-state index contributed by atoms with van der Waals surface area (Å²) >= 11 is 0. The SMILES string of the molecule is CCCCCCC(C)(CC(C)(C)CCC)OC(=O)CC(=O)O. The number of carbonyl (C=O) groups is 2. The fraction of sp³-hybridized carbons (Fsp3) is 0.889. The quantitative estimate of drug-likeness (QED) is 0.314. The maximum Gasteiger partial charge on any atom is 0.317 e. The molecule has 0 spiro atoms. The lowest BCUT2D eigenvalue weighted by atomic mass is 9.76. The van der Waals surface area contributed by atoms with Gasteiger partial charge in [0.15, 0.2) is 0 Å². The summed E-state index contributed by atoms with van der Waals surface area (Å²) in [5.74, 6) is -1.76. The van der Waals surface area contributed by atoms with E-state index in [-0.39, 0.29) is 5.41 Å². The molecule has 0 amide bonds. The van der Waals surface area contributed by atoms with Crippen molar-refractivity contribution < 1.29 is 19.4 Å². The number of esters is 1. The third-order valence-electron chi connectivity index (χ3n) is 3.99. The van der Waals surface area contributed by atoms with Crippen LogP contribution in [0.4, 0.5) is 0 Å². The zero-order chi connectivity index (χ0) is 17.2. The molecule has 0 radical (unpaired) electrons. The van der Waals surface area contributed by atoms with Crippen LogP contribution in [0.3, 0.4) is 0 Å². The maximum atomic E-state index is 11.8. The lowest BCUT2D eigenvalue weighted by molar-refractivity contribution is -0.165. The highest BCUT2D eigenvalue weighted by atomic mass is 16.6. The number of rotatable bonds is 12. The number of hydrogen-bond donors (Lipinski definition) is 1. The van der Waals surface area contributed by atoms with Crippen molar-refractivity contribution in [1.82, 2.24) is 0 Å². The Kier molecular flexibility index (Phi) is 9.38. The predicted molar refractivity (Wildman–Crippen MR) is 88.8 cm³/mol. The first kappa shape index (κ1) is 20.9. The summed E-state index contributed by atoms with van der Waals surface area (Å²) in [6.45, 7) is 10.6. The first-order valence-electron chi connectivity index (χ1n) is 8.58. The zero-order valence-corrected chi connectivity index (χ0v) is 15.0. The minimum atomic E-state index is -1.13. The average molecular weight is 314 g/mol. The molecular formula is C18H34O4. The van der Waals surface area contributed by atoms with Gasteiger partial charge in [0.25, 0.3) is 0 Å². The zero-order valence-electron chi connectivity index (χ0n) is 15.0. The van der Waals surface area contributed by atoms with E-state index < -0.39 is 24.0 Å². The fourth-order valence-corrected chi connectivity index (χ4v) is 3.31. The van der Waals surface area contributed by atoms with Crippen LogP contribution in [0.25, 0.3) is 0 Å². The molecule has 0 aromatic carbocycles. The highest BCUT2D eigenvalue weighted by Crippen LogP contribution is 2.37. The molecule has 0 bridgehead atoms. The summed E-state index contributed by atoms with van der Waals surface area (Å²) in [6, 6.07) is 0. The van der Waals surface area contributed by atoms with Gasteiger partial charge >= 0.3 is 11.9 Å². The number of hydrogen-bond acceptors (Lipinski definition) is 3. The van der Waals surface area contributed by atoms with Crippen LogP contribution in [0.5, 0.6) is 0 Å². The molecule has 1 atom stereocenters. The average Bonchev–Trinajstić information content (AvgIpc) is 2.32. The van der Waals surface area contributed by atoms with Gasteiger partial charge < -0.3 is 9.84 Å². The number of aliphatic carboxylic acids is 1. The van der Waals surface area contributed by atoms with Gasteiger partial charge in [0.1, 0.15) is 12.0 Å². The Hall–Kier alpha value is -1.06. The number of unbranched alkanes of at least 4 members (excludes halogenated alkanes) is 3. The van der Waals surface area contributed by atoms with E-state index in [0.717, 1.165) is 44.9 Å². The van der Waals surface area contributed by atoms with Gasteiger partial charge in [-0.25, -0.2) is 0 Å². The molecule has 0 rings (SSSR count). The van der Waals surface area contributed by atoms with Gasteiger partial charge in [-0.2, -0.15) is 0 Å². The third kappa shape index (κ3) is 9.80. The molecule has 0 aliphatic heterocycles. The molecule has 4 heteroatoms. The number of ether oxygens (including phenoxy) is 1. The third-order valence-corrected chi connectivity index (χ3v) is 3.99. The second-order valence-electron chi connectivity index (χ2n) is 7.40. The predicted octanol–water partition coefficient (Wildman–Crippen LogP) is 4.95. The van der Waals surface area contributed by atoms with Crippen molar-refractivity contribution in [1.29, 1.82) is 0 Å². The van der Waals surface area contributed by atoms with Crippen LogP contribution in [-0.4, -0.2) is 22.6 Å². The Bertz CT molecular complexity index is 349. The Morgan fingerprint density at radius 2 is 1.59 bits per heavy atom. The molecule has 22 heavy (non-hydrogen) atoms. The number of carbonyl (C=O) groups excluding carboxylic acids is 1. The van der Waals surface area contributed by atoms with E-state index in [1.807, 2.05) is 6.92 Å². The lowest BCUT2D eigenvalue weighted by Gasteiger charge is -2.37. The van der Waals surface area contributed by atoms with E-state index in [2.05, 4.69) is 27.7 Å². The Morgan fingerprint density at radius 1 is 0.955 bits per heavy atom. The number of carboxylic acid groups (broad SMARTS) is 1. The maximum absolute atomic E-state index is 11.8. The van der Waals surface area contributed by atoms with Crippen molar-refractivity contribution in [2.45, 2.75) is 98.0 Å². The van der Waals surface area contributed by atoms with E-state index in [4.69, 9.17) is 9.84 Å². The summed E-state index contributed by atoms with van der Waals surface area (Å²) < 4.78 is 5.59. The molecule has 0 fully saturated rings. The molecule has 1 unspecified atom stereocenters. The molecule has 0 aromatic heterocycles. The normalized spacial score (nSPS) is 14.4. The largest absolute Gasteiger partial charge is 0.481 e. The minimum Gasteiger partial charge on any atom is -0.481 e. The van der Waals surface area contributed by atoms with Crippen molar-refractivity contribution in [2.24, 2.45) is 5.41 Å². The summed E-state index contributed by atoms with van der Waals surface area (Å²) in [7, 11) is 0. The Morgan fingerprint density at radius 3 is 2.09 bits per heavy atom. The van der Waals surface area contributed by atoms with Crippen LogP contribution >= 0.6 is 0 Å². The van der Waals surface area contributed by atoms with Crippen molar-refractivity contribution in [3.8, 4) is 0 Å². The van der Waals surface area contributed by atoms with Crippen LogP contribution < -0.4 is 0 Å². The minimum absolute atomic E-state index is 0.0811. The fourth-order valence-electron chi connectivity index (χ4n) is 3.31. The van der Waals surface area contributed by atoms with E-state index >= 15 is 0 Å². The monoisotopic (exact) mass is 314 g/mol. The molecule has 0 aliphatic carbocycles. The first-order valence-corrected chi connectivity index (χ1v) is 8.58. The van der Waals surface area contributed by atoms with Gasteiger partial charge in [0, 0.05) is 0 Å². The van der Waals surface area contributed by atoms with Crippen molar-refractivity contribution in [3.05, 3.63) is 0 Å². The molecule has 0 aromatic rings. The van der Waals surface area contributed by atoms with E-state index in [9.17, 15) is 9.59 Å². The molecule has 1 N–H and O–H groups in total. The molecule has 4 nitrogen and oxygen atoms in total. The molecule has 0 saturated carbocycles. The molecule has 0 saturated heterocycles. The van der Waals surface area contributed by atoms with Gasteiger partial charge in [-0.1, -0.05) is 53.4 Å². The standard InChI is InChI=1S/C18H34O4/c1-6-8-9-10-12-18(5,14-17(3,4)11-7-2)22-16(21)13-15(19)20/h6-14H2,1-5H3,(H,19,20). The topological polar surface area (TPSA) is 63.6 Å². The molecule has 0 aliphatic rings. The second kappa shape index (κ2) is 9.86. The molecule has 0 heterocycles. The van der Waals surface area contributed by atoms with E-state index in [0.29, 0.717) is 0 Å². The summed E-state index contributed by atoms with van der Waals surface area (Å²) in [5.41, 5.74) is -0.489. The van der Waals surface area contributed by atoms with Crippen molar-refractivity contribution in [3.63, 3.8) is 0 Å². The highest BCUT2D eigenvalue weighted by Gasteiger charge is 2.35. The lowest BCUT2D eigenvalue weighted by Crippen LogP contribution is -2.37. The summed E-state index contributed by atoms with van der Waals surface area (Å²) in [4.78, 5) is 22.5. The summed E-state index contributed by atoms with van der Waals surface area (Å²) in [5, 5.41) is 8.74.